The van der Waals surface area contributed by atoms with E-state index in [0.29, 0.717) is 35.1 Å². The maximum atomic E-state index is 12.4. The van der Waals surface area contributed by atoms with Crippen LogP contribution in [0.1, 0.15) is 11.6 Å². The average molecular weight is 472 g/mol. The molecule has 0 bridgehead atoms. The van der Waals surface area contributed by atoms with E-state index in [2.05, 4.69) is 35.6 Å². The Balaban J connectivity index is 1.54. The molecular formula is C19H20ClN10O3+. The van der Waals surface area contributed by atoms with E-state index in [1.807, 2.05) is 12.1 Å². The van der Waals surface area contributed by atoms with Crippen molar-refractivity contribution in [3.05, 3.63) is 51.6 Å². The molecule has 5 rings (SSSR count). The first-order valence-corrected chi connectivity index (χ1v) is 10.5. The lowest BCUT2D eigenvalue weighted by molar-refractivity contribution is -0.779. The second-order valence-corrected chi connectivity index (χ2v) is 8.44. The summed E-state index contributed by atoms with van der Waals surface area (Å²) in [4.78, 5) is 28.2. The van der Waals surface area contributed by atoms with Crippen molar-refractivity contribution >= 4 is 40.6 Å². The predicted molar refractivity (Wildman–Crippen MR) is 117 cm³/mol. The number of piperidine rings is 1. The number of anilines is 1. The van der Waals surface area contributed by atoms with Gasteiger partial charge < -0.3 is 25.4 Å². The van der Waals surface area contributed by atoms with E-state index in [1.165, 1.54) is 13.4 Å². The van der Waals surface area contributed by atoms with Crippen LogP contribution in [0.25, 0.3) is 21.6 Å². The van der Waals surface area contributed by atoms with E-state index >= 15 is 0 Å². The lowest BCUT2D eigenvalue weighted by Crippen LogP contribution is -2.50. The molecule has 2 saturated heterocycles. The molecule has 0 radical (unpaired) electrons. The van der Waals surface area contributed by atoms with Gasteiger partial charge in [-0.3, -0.25) is 0 Å². The number of benzene rings is 1. The van der Waals surface area contributed by atoms with E-state index in [9.17, 15) is 15.0 Å². The van der Waals surface area contributed by atoms with Crippen molar-refractivity contribution in [3.8, 4) is 0 Å². The highest BCUT2D eigenvalue weighted by Crippen LogP contribution is 2.51. The van der Waals surface area contributed by atoms with Gasteiger partial charge in [0.25, 0.3) is 0 Å². The molecule has 0 saturated carbocycles. The Morgan fingerprint density at radius 3 is 2.97 bits per heavy atom. The molecule has 3 aromatic rings. The minimum absolute atomic E-state index is 0.128. The van der Waals surface area contributed by atoms with Gasteiger partial charge in [-0.15, -0.1) is 0 Å². The molecule has 2 amide bonds. The molecule has 2 aliphatic heterocycles. The van der Waals surface area contributed by atoms with Crippen molar-refractivity contribution in [2.75, 3.05) is 18.9 Å². The summed E-state index contributed by atoms with van der Waals surface area (Å²) >= 11 is 6.05. The molecule has 14 heteroatoms. The van der Waals surface area contributed by atoms with Crippen molar-refractivity contribution in [1.29, 1.82) is 0 Å². The number of hydrogen-bond donors (Lipinski definition) is 4. The van der Waals surface area contributed by atoms with Gasteiger partial charge in [-0.05, 0) is 28.3 Å². The predicted octanol–water partition coefficient (Wildman–Crippen LogP) is 1.81. The van der Waals surface area contributed by atoms with E-state index in [-0.39, 0.29) is 22.5 Å². The Bertz CT molecular complexity index is 1310. The van der Waals surface area contributed by atoms with Crippen molar-refractivity contribution in [2.24, 2.45) is 5.11 Å². The first kappa shape index (κ1) is 21.4. The number of amides is 2. The highest BCUT2D eigenvalue weighted by Gasteiger charge is 2.78. The summed E-state index contributed by atoms with van der Waals surface area (Å²) < 4.78 is 1.34. The molecule has 2 aliphatic rings. The highest BCUT2D eigenvalue weighted by atomic mass is 35.5. The number of aliphatic hydroxyl groups excluding tert-OH is 2. The number of nitrogens with one attached hydrogen (secondary N) is 2. The maximum absolute atomic E-state index is 12.4. The minimum Gasteiger partial charge on any atom is -0.382 e. The Labute approximate surface area is 191 Å². The molecule has 0 aliphatic carbocycles. The second kappa shape index (κ2) is 7.83. The summed E-state index contributed by atoms with van der Waals surface area (Å²) in [6, 6.07) is 5.92. The zero-order valence-electron chi connectivity index (χ0n) is 17.4. The number of rotatable bonds is 5. The van der Waals surface area contributed by atoms with Gasteiger partial charge in [0.05, 0.1) is 6.33 Å². The molecular weight excluding hydrogens is 452 g/mol. The van der Waals surface area contributed by atoms with Crippen LogP contribution in [0.2, 0.25) is 5.02 Å². The van der Waals surface area contributed by atoms with Crippen molar-refractivity contribution < 1.29 is 19.5 Å². The summed E-state index contributed by atoms with van der Waals surface area (Å²) in [7, 11) is 1.49. The number of carbonyl (C=O) groups is 1. The third-order valence-electron chi connectivity index (χ3n) is 6.28. The van der Waals surface area contributed by atoms with Crippen molar-refractivity contribution in [3.63, 3.8) is 0 Å². The Morgan fingerprint density at radius 1 is 1.42 bits per heavy atom. The molecule has 170 valence electrons. The average Bonchev–Trinajstić information content (AvgIpc) is 3.34. The lowest BCUT2D eigenvalue weighted by atomic mass is 10.1. The summed E-state index contributed by atoms with van der Waals surface area (Å²) in [5.41, 5.74) is 10.5. The number of aromatic nitrogens is 4. The number of fused-ring (bicyclic) bond motifs is 2. The molecule has 1 aromatic carbocycles. The topological polar surface area (TPSA) is 174 Å². The van der Waals surface area contributed by atoms with Gasteiger partial charge in [0.1, 0.15) is 18.1 Å². The zero-order chi connectivity index (χ0) is 23.3. The van der Waals surface area contributed by atoms with Gasteiger partial charge in [-0.25, -0.2) is 19.7 Å². The quantitative estimate of drug-likeness (QED) is 0.144. The number of hydrogen-bond acceptors (Lipinski definition) is 8. The van der Waals surface area contributed by atoms with Gasteiger partial charge in [-0.2, -0.15) is 4.48 Å². The van der Waals surface area contributed by atoms with Crippen LogP contribution < -0.4 is 10.6 Å². The molecule has 0 spiro atoms. The summed E-state index contributed by atoms with van der Waals surface area (Å²) in [5, 5.41) is 31.2. The minimum atomic E-state index is -1.28. The second-order valence-electron chi connectivity index (χ2n) is 8.00. The number of quaternary nitrogens is 1. The van der Waals surface area contributed by atoms with Crippen LogP contribution in [0.3, 0.4) is 0 Å². The molecule has 2 aromatic heterocycles. The largest absolute Gasteiger partial charge is 0.419 e. The molecule has 2 unspecified atom stereocenters. The number of carbonyl (C=O) groups excluding carboxylic acids is 1. The number of nitrogens with zero attached hydrogens (tertiary/aromatic N) is 8. The third-order valence-corrected chi connectivity index (χ3v) is 6.51. The van der Waals surface area contributed by atoms with Gasteiger partial charge in [0.2, 0.25) is 12.2 Å². The van der Waals surface area contributed by atoms with Crippen molar-refractivity contribution in [2.45, 2.75) is 31.0 Å². The molecule has 5 atom stereocenters. The molecule has 13 nitrogen and oxygen atoms in total. The number of urea groups is 1. The number of aliphatic hydroxyl groups is 2. The van der Waals surface area contributed by atoms with Gasteiger partial charge >= 0.3 is 6.03 Å². The van der Waals surface area contributed by atoms with Crippen LogP contribution in [0, 0.1) is 0 Å². The van der Waals surface area contributed by atoms with E-state index in [1.54, 1.807) is 16.7 Å². The van der Waals surface area contributed by atoms with Gasteiger partial charge in [0.15, 0.2) is 23.6 Å². The van der Waals surface area contributed by atoms with Crippen molar-refractivity contribution in [1.82, 2.24) is 24.8 Å². The zero-order valence-corrected chi connectivity index (χ0v) is 18.1. The first-order chi connectivity index (χ1) is 15.9. The summed E-state index contributed by atoms with van der Waals surface area (Å²) in [5.74, 6) is 0.202. The van der Waals surface area contributed by atoms with E-state index in [4.69, 9.17) is 17.1 Å². The van der Waals surface area contributed by atoms with Gasteiger partial charge in [0, 0.05) is 23.5 Å². The summed E-state index contributed by atoms with van der Waals surface area (Å²) in [6.45, 7) is 0.746. The van der Waals surface area contributed by atoms with Crippen LogP contribution >= 0.6 is 11.6 Å². The first-order valence-electron chi connectivity index (χ1n) is 10.1. The van der Waals surface area contributed by atoms with Crippen LogP contribution in [0.15, 0.2) is 35.7 Å². The van der Waals surface area contributed by atoms with E-state index in [0.717, 1.165) is 5.56 Å². The lowest BCUT2D eigenvalue weighted by Gasteiger charge is -2.20. The molecule has 33 heavy (non-hydrogen) atoms. The standard InChI is InChI=1S/C19H19ClN10O3/c1-22-19(33)30-7-11(30)13(14(31)17(30)32)29-8-24-12-15(25-18(27-28-21)26-16(12)29)23-6-9-3-2-4-10(20)5-9/h2-5,8,11,13-14,17,31-32H,6-7H2,1H3,(H-,22,23,25,26,33)/p+1/t11-,13-,14?,17?,30+/m1/s1. The number of azide groups is 1. The fraction of sp³-hybridized carbons (Fsp3) is 0.368. The number of halogens is 1. The SMILES string of the molecule is CNC(=O)[N@@+]12C[C@@H]1[C@@H](n1cnc3c(NCc4cccc(Cl)c4)nc(N=[N+]=[N-])nc31)C(O)C2O. The monoisotopic (exact) mass is 471 g/mol. The fourth-order valence-electron chi connectivity index (χ4n) is 4.70. The van der Waals surface area contributed by atoms with E-state index < -0.39 is 18.4 Å². The van der Waals surface area contributed by atoms with Crippen LogP contribution in [-0.2, 0) is 6.54 Å². The molecule has 2 fully saturated rings. The normalized spacial score (nSPS) is 27.6. The third kappa shape index (κ3) is 3.25. The Morgan fingerprint density at radius 2 is 2.24 bits per heavy atom. The van der Waals surface area contributed by atoms with Crippen LogP contribution in [-0.4, -0.2) is 72.2 Å². The number of imidazole rings is 1. The van der Waals surface area contributed by atoms with Crippen LogP contribution in [0.5, 0.6) is 0 Å². The maximum Gasteiger partial charge on any atom is 0.419 e. The fourth-order valence-corrected chi connectivity index (χ4v) is 4.91. The van der Waals surface area contributed by atoms with Gasteiger partial charge in [-0.1, -0.05) is 23.7 Å². The summed E-state index contributed by atoms with van der Waals surface area (Å²) in [6.07, 6.45) is -1.03. The Kier molecular flexibility index (Phi) is 5.07. The Hall–Kier alpha value is -3.48. The smallest absolute Gasteiger partial charge is 0.382 e. The van der Waals surface area contributed by atoms with Crippen LogP contribution in [0.4, 0.5) is 16.6 Å². The highest BCUT2D eigenvalue weighted by molar-refractivity contribution is 6.30. The molecule has 4 N–H and O–H groups in total. The molecule has 4 heterocycles.